The second-order valence-electron chi connectivity index (χ2n) is 6.10. The van der Waals surface area contributed by atoms with Crippen molar-refractivity contribution in [2.24, 2.45) is 5.92 Å². The Morgan fingerprint density at radius 2 is 2.24 bits per heavy atom. The molecule has 132 valence electrons. The number of methoxy groups -OCH3 is 1. The minimum absolute atomic E-state index is 0.0658. The molecule has 2 heterocycles. The molecule has 0 radical (unpaired) electrons. The molecule has 0 spiro atoms. The van der Waals surface area contributed by atoms with E-state index in [4.69, 9.17) is 9.47 Å². The SMILES string of the molecule is COC(=O)[C@H]1CCC[C@H](Oc2ncc(-c3sccc3C=O)nc2C)C1. The molecule has 1 saturated carbocycles. The number of nitrogens with zero attached hydrogens (tertiary/aromatic N) is 2. The van der Waals surface area contributed by atoms with Crippen molar-refractivity contribution < 1.29 is 19.1 Å². The van der Waals surface area contributed by atoms with Gasteiger partial charge >= 0.3 is 5.97 Å². The van der Waals surface area contributed by atoms with E-state index in [9.17, 15) is 9.59 Å². The first-order valence-electron chi connectivity index (χ1n) is 8.23. The average Bonchev–Trinajstić information content (AvgIpc) is 3.11. The van der Waals surface area contributed by atoms with Gasteiger partial charge in [0.25, 0.3) is 0 Å². The first-order chi connectivity index (χ1) is 12.1. The first kappa shape index (κ1) is 17.5. The molecule has 25 heavy (non-hydrogen) atoms. The van der Waals surface area contributed by atoms with Crippen LogP contribution in [0, 0.1) is 12.8 Å². The molecule has 3 rings (SSSR count). The van der Waals surface area contributed by atoms with Crippen LogP contribution in [0.15, 0.2) is 17.6 Å². The number of rotatable bonds is 5. The lowest BCUT2D eigenvalue weighted by molar-refractivity contribution is -0.147. The normalized spacial score (nSPS) is 20.1. The molecule has 1 fully saturated rings. The van der Waals surface area contributed by atoms with E-state index in [1.807, 2.05) is 12.3 Å². The van der Waals surface area contributed by atoms with Gasteiger partial charge in [0.2, 0.25) is 5.88 Å². The number of aryl methyl sites for hydroxylation is 1. The van der Waals surface area contributed by atoms with Gasteiger partial charge in [0.05, 0.1) is 29.8 Å². The summed E-state index contributed by atoms with van der Waals surface area (Å²) in [6.07, 6.45) is 5.66. The zero-order chi connectivity index (χ0) is 17.8. The van der Waals surface area contributed by atoms with Crippen molar-refractivity contribution in [3.05, 3.63) is 28.9 Å². The van der Waals surface area contributed by atoms with Crippen LogP contribution in [0.3, 0.4) is 0 Å². The Morgan fingerprint density at radius 1 is 1.40 bits per heavy atom. The van der Waals surface area contributed by atoms with Gasteiger partial charge in [0, 0.05) is 5.56 Å². The summed E-state index contributed by atoms with van der Waals surface area (Å²) in [4.78, 5) is 32.5. The molecule has 0 aliphatic heterocycles. The molecule has 0 saturated heterocycles. The van der Waals surface area contributed by atoms with Crippen molar-refractivity contribution in [3.8, 4) is 16.5 Å². The van der Waals surface area contributed by atoms with E-state index < -0.39 is 0 Å². The molecule has 2 aromatic heterocycles. The molecule has 1 aliphatic rings. The molecule has 2 aromatic rings. The summed E-state index contributed by atoms with van der Waals surface area (Å²) < 4.78 is 10.8. The van der Waals surface area contributed by atoms with Gasteiger partial charge in [-0.3, -0.25) is 9.59 Å². The number of aromatic nitrogens is 2. The van der Waals surface area contributed by atoms with Crippen LogP contribution in [0.25, 0.3) is 10.6 Å². The van der Waals surface area contributed by atoms with Crippen LogP contribution in [0.1, 0.15) is 41.7 Å². The lowest BCUT2D eigenvalue weighted by atomic mass is 9.87. The molecule has 0 bridgehead atoms. The van der Waals surface area contributed by atoms with Gasteiger partial charge in [-0.15, -0.1) is 11.3 Å². The van der Waals surface area contributed by atoms with Gasteiger partial charge in [-0.05, 0) is 44.1 Å². The third kappa shape index (κ3) is 3.87. The fourth-order valence-electron chi connectivity index (χ4n) is 3.11. The van der Waals surface area contributed by atoms with E-state index in [0.717, 1.165) is 30.4 Å². The molecule has 0 N–H and O–H groups in total. The van der Waals surface area contributed by atoms with Crippen LogP contribution >= 0.6 is 11.3 Å². The van der Waals surface area contributed by atoms with E-state index in [1.165, 1.54) is 18.4 Å². The highest BCUT2D eigenvalue weighted by molar-refractivity contribution is 7.13. The summed E-state index contributed by atoms with van der Waals surface area (Å²) in [7, 11) is 1.42. The number of thiophene rings is 1. The maximum atomic E-state index is 11.7. The summed E-state index contributed by atoms with van der Waals surface area (Å²) >= 11 is 1.46. The molecule has 0 aromatic carbocycles. The number of hydrogen-bond donors (Lipinski definition) is 0. The van der Waals surface area contributed by atoms with Crippen LogP contribution in [0.5, 0.6) is 5.88 Å². The molecule has 2 atom stereocenters. The van der Waals surface area contributed by atoms with Gasteiger partial charge in [0.15, 0.2) is 6.29 Å². The Morgan fingerprint density at radius 3 is 2.96 bits per heavy atom. The Hall–Kier alpha value is -2.28. The summed E-state index contributed by atoms with van der Waals surface area (Å²) in [5, 5.41) is 1.86. The number of esters is 1. The van der Waals surface area contributed by atoms with Crippen LogP contribution in [0.2, 0.25) is 0 Å². The smallest absolute Gasteiger partial charge is 0.308 e. The lowest BCUT2D eigenvalue weighted by Gasteiger charge is -2.27. The molecular formula is C18H20N2O4S. The highest BCUT2D eigenvalue weighted by Gasteiger charge is 2.29. The Bertz CT molecular complexity index is 774. The van der Waals surface area contributed by atoms with Gasteiger partial charge in [-0.25, -0.2) is 9.97 Å². The van der Waals surface area contributed by atoms with Crippen molar-refractivity contribution in [2.45, 2.75) is 38.7 Å². The van der Waals surface area contributed by atoms with Gasteiger partial charge in [-0.2, -0.15) is 0 Å². The lowest BCUT2D eigenvalue weighted by Crippen LogP contribution is -2.30. The van der Waals surface area contributed by atoms with Gasteiger partial charge in [0.1, 0.15) is 11.8 Å². The van der Waals surface area contributed by atoms with Crippen molar-refractivity contribution in [1.29, 1.82) is 0 Å². The fraction of sp³-hybridized carbons (Fsp3) is 0.444. The minimum atomic E-state index is -0.175. The summed E-state index contributed by atoms with van der Waals surface area (Å²) in [6, 6.07) is 1.77. The predicted molar refractivity (Wildman–Crippen MR) is 93.9 cm³/mol. The third-order valence-electron chi connectivity index (χ3n) is 4.40. The zero-order valence-corrected chi connectivity index (χ0v) is 15.0. The second-order valence-corrected chi connectivity index (χ2v) is 7.01. The van der Waals surface area contributed by atoms with Crippen LogP contribution < -0.4 is 4.74 Å². The maximum absolute atomic E-state index is 11.7. The van der Waals surface area contributed by atoms with Gasteiger partial charge in [-0.1, -0.05) is 0 Å². The first-order valence-corrected chi connectivity index (χ1v) is 9.11. The molecule has 6 nitrogen and oxygen atoms in total. The fourth-order valence-corrected chi connectivity index (χ4v) is 3.93. The molecule has 0 unspecified atom stereocenters. The van der Waals surface area contributed by atoms with Crippen molar-refractivity contribution >= 4 is 23.6 Å². The van der Waals surface area contributed by atoms with E-state index in [2.05, 4.69) is 9.97 Å². The quantitative estimate of drug-likeness (QED) is 0.600. The average molecular weight is 360 g/mol. The molecule has 1 aliphatic carbocycles. The second kappa shape index (κ2) is 7.74. The monoisotopic (exact) mass is 360 g/mol. The highest BCUT2D eigenvalue weighted by atomic mass is 32.1. The number of carbonyl (C=O) groups excluding carboxylic acids is 2. The molecule has 0 amide bonds. The summed E-state index contributed by atoms with van der Waals surface area (Å²) in [5.41, 5.74) is 1.95. The minimum Gasteiger partial charge on any atom is -0.473 e. The maximum Gasteiger partial charge on any atom is 0.308 e. The van der Waals surface area contributed by atoms with Crippen LogP contribution in [-0.4, -0.2) is 35.4 Å². The molecular weight excluding hydrogens is 340 g/mol. The Labute approximate surface area is 150 Å². The number of ether oxygens (including phenoxy) is 2. The summed E-state index contributed by atoms with van der Waals surface area (Å²) in [5.74, 6) is 0.187. The van der Waals surface area contributed by atoms with Crippen LogP contribution in [0.4, 0.5) is 0 Å². The predicted octanol–water partition coefficient (Wildman–Crippen LogP) is 3.44. The van der Waals surface area contributed by atoms with Gasteiger partial charge < -0.3 is 9.47 Å². The van der Waals surface area contributed by atoms with E-state index in [-0.39, 0.29) is 18.0 Å². The highest BCUT2D eigenvalue weighted by Crippen LogP contribution is 2.31. The van der Waals surface area contributed by atoms with Crippen molar-refractivity contribution in [2.75, 3.05) is 7.11 Å². The summed E-state index contributed by atoms with van der Waals surface area (Å²) in [6.45, 7) is 1.83. The number of aldehydes is 1. The van der Waals surface area contributed by atoms with Crippen LogP contribution in [-0.2, 0) is 9.53 Å². The van der Waals surface area contributed by atoms with Crippen molar-refractivity contribution in [1.82, 2.24) is 9.97 Å². The number of hydrogen-bond acceptors (Lipinski definition) is 7. The zero-order valence-electron chi connectivity index (χ0n) is 14.2. The molecule has 7 heteroatoms. The number of carbonyl (C=O) groups is 2. The topological polar surface area (TPSA) is 78.4 Å². The third-order valence-corrected chi connectivity index (χ3v) is 5.35. The Balaban J connectivity index is 1.73. The largest absolute Gasteiger partial charge is 0.473 e. The van der Waals surface area contributed by atoms with E-state index in [0.29, 0.717) is 29.3 Å². The van der Waals surface area contributed by atoms with E-state index >= 15 is 0 Å². The van der Waals surface area contributed by atoms with Crippen molar-refractivity contribution in [3.63, 3.8) is 0 Å². The Kier molecular flexibility index (Phi) is 5.43. The van der Waals surface area contributed by atoms with E-state index in [1.54, 1.807) is 12.3 Å². The standard InChI is InChI=1S/C18H20N2O4S/c1-11-17(24-14-5-3-4-12(8-14)18(22)23-2)19-9-15(20-11)16-13(10-21)6-7-25-16/h6-7,9-10,12,14H,3-5,8H2,1-2H3/t12-,14-/m0/s1.